The van der Waals surface area contributed by atoms with Crippen LogP contribution in [0.1, 0.15) is 20.7 Å². The molecule has 1 N–H and O–H groups in total. The second-order valence-corrected chi connectivity index (χ2v) is 3.67. The summed E-state index contributed by atoms with van der Waals surface area (Å²) in [5.41, 5.74) is -0.193. The summed E-state index contributed by atoms with van der Waals surface area (Å²) in [6.45, 7) is 0. The third kappa shape index (κ3) is 2.92. The van der Waals surface area contributed by atoms with E-state index in [1.807, 2.05) is 0 Å². The van der Waals surface area contributed by atoms with Gasteiger partial charge in [-0.25, -0.2) is 4.39 Å². The van der Waals surface area contributed by atoms with Crippen molar-refractivity contribution in [2.24, 2.45) is 0 Å². The summed E-state index contributed by atoms with van der Waals surface area (Å²) in [6.07, 6.45) is 2.31. The lowest BCUT2D eigenvalue weighted by Gasteiger charge is -2.10. The minimum Gasteiger partial charge on any atom is -0.545 e. The van der Waals surface area contributed by atoms with Crippen LogP contribution in [0.4, 0.5) is 10.1 Å². The van der Waals surface area contributed by atoms with Gasteiger partial charge < -0.3 is 15.2 Å². The Balaban J connectivity index is 2.28. The Morgan fingerprint density at radius 2 is 2.00 bits per heavy atom. The van der Waals surface area contributed by atoms with E-state index in [-0.39, 0.29) is 16.8 Å². The zero-order valence-corrected chi connectivity index (χ0v) is 9.59. The van der Waals surface area contributed by atoms with Gasteiger partial charge in [0.05, 0.1) is 11.5 Å². The van der Waals surface area contributed by atoms with Gasteiger partial charge >= 0.3 is 0 Å². The van der Waals surface area contributed by atoms with Gasteiger partial charge in [-0.1, -0.05) is 6.07 Å². The maximum atomic E-state index is 13.0. The Bertz CT molecular complexity index is 643. The maximum absolute atomic E-state index is 13.0. The minimum absolute atomic E-state index is 0.0979. The lowest BCUT2D eigenvalue weighted by atomic mass is 10.1. The normalized spacial score (nSPS) is 9.95. The third-order valence-electron chi connectivity index (χ3n) is 2.37. The molecular formula is C13H8FN2O3-. The molecular weight excluding hydrogens is 251 g/mol. The Morgan fingerprint density at radius 1 is 1.21 bits per heavy atom. The third-order valence-corrected chi connectivity index (χ3v) is 2.37. The molecule has 0 aliphatic heterocycles. The number of carbonyl (C=O) groups is 2. The van der Waals surface area contributed by atoms with Gasteiger partial charge in [-0.2, -0.15) is 0 Å². The number of anilines is 1. The second-order valence-electron chi connectivity index (χ2n) is 3.67. The molecule has 0 bridgehead atoms. The Morgan fingerprint density at radius 3 is 2.68 bits per heavy atom. The predicted molar refractivity (Wildman–Crippen MR) is 62.9 cm³/mol. The van der Waals surface area contributed by atoms with Gasteiger partial charge in [0.1, 0.15) is 5.82 Å². The van der Waals surface area contributed by atoms with Crippen LogP contribution < -0.4 is 10.4 Å². The number of benzene rings is 1. The van der Waals surface area contributed by atoms with Crippen molar-refractivity contribution in [3.05, 3.63) is 59.7 Å². The topological polar surface area (TPSA) is 82.1 Å². The van der Waals surface area contributed by atoms with Gasteiger partial charge in [0.15, 0.2) is 0 Å². The van der Waals surface area contributed by atoms with E-state index < -0.39 is 17.7 Å². The molecule has 5 nitrogen and oxygen atoms in total. The molecule has 19 heavy (non-hydrogen) atoms. The molecule has 0 atom stereocenters. The van der Waals surface area contributed by atoms with Crippen molar-refractivity contribution in [3.8, 4) is 0 Å². The molecule has 0 radical (unpaired) electrons. The number of aromatic nitrogens is 1. The summed E-state index contributed by atoms with van der Waals surface area (Å²) in [7, 11) is 0. The van der Waals surface area contributed by atoms with Crippen LogP contribution in [0, 0.1) is 5.82 Å². The van der Waals surface area contributed by atoms with Crippen LogP contribution in [-0.4, -0.2) is 16.9 Å². The highest BCUT2D eigenvalue weighted by Crippen LogP contribution is 2.13. The van der Waals surface area contributed by atoms with Gasteiger partial charge in [0.25, 0.3) is 5.91 Å². The summed E-state index contributed by atoms with van der Waals surface area (Å²) in [4.78, 5) is 26.3. The summed E-state index contributed by atoms with van der Waals surface area (Å²) in [5, 5.41) is 13.2. The number of amides is 1. The van der Waals surface area contributed by atoms with Crippen molar-refractivity contribution in [2.45, 2.75) is 0 Å². The van der Waals surface area contributed by atoms with Gasteiger partial charge in [-0.15, -0.1) is 0 Å². The molecule has 6 heteroatoms. The molecule has 1 aromatic carbocycles. The standard InChI is InChI=1S/C13H9FN2O3/c14-8-2-1-3-9(6-8)16-12(17)10-4-5-15-7-11(10)13(18)19/h1-7H,(H,16,17)(H,18,19)/p-1. The van der Waals surface area contributed by atoms with Crippen LogP contribution in [0.15, 0.2) is 42.7 Å². The first-order chi connectivity index (χ1) is 9.08. The summed E-state index contributed by atoms with van der Waals surface area (Å²) in [5.74, 6) is -2.68. The number of carboxylic acids is 1. The van der Waals surface area contributed by atoms with Crippen LogP contribution in [0.2, 0.25) is 0 Å². The number of aromatic carboxylic acids is 1. The van der Waals surface area contributed by atoms with Crippen molar-refractivity contribution >= 4 is 17.6 Å². The average Bonchev–Trinajstić information content (AvgIpc) is 2.38. The van der Waals surface area contributed by atoms with Crippen LogP contribution >= 0.6 is 0 Å². The van der Waals surface area contributed by atoms with Gasteiger partial charge in [0, 0.05) is 23.6 Å². The first kappa shape index (κ1) is 12.7. The number of nitrogens with one attached hydrogen (secondary N) is 1. The number of carboxylic acid groups (broad SMARTS) is 1. The van der Waals surface area contributed by atoms with E-state index in [2.05, 4.69) is 10.3 Å². The van der Waals surface area contributed by atoms with E-state index in [0.717, 1.165) is 12.3 Å². The first-order valence-electron chi connectivity index (χ1n) is 5.30. The molecule has 2 rings (SSSR count). The predicted octanol–water partition coefficient (Wildman–Crippen LogP) is 0.836. The largest absolute Gasteiger partial charge is 0.545 e. The first-order valence-corrected chi connectivity index (χ1v) is 5.30. The van der Waals surface area contributed by atoms with Crippen molar-refractivity contribution in [3.63, 3.8) is 0 Å². The summed E-state index contributed by atoms with van der Waals surface area (Å²) < 4.78 is 13.0. The van der Waals surface area contributed by atoms with E-state index in [9.17, 15) is 19.1 Å². The highest BCUT2D eigenvalue weighted by atomic mass is 19.1. The van der Waals surface area contributed by atoms with Crippen molar-refractivity contribution in [2.75, 3.05) is 5.32 Å². The smallest absolute Gasteiger partial charge is 0.256 e. The number of rotatable bonds is 3. The van der Waals surface area contributed by atoms with Crippen LogP contribution in [0.3, 0.4) is 0 Å². The minimum atomic E-state index is -1.50. The van der Waals surface area contributed by atoms with Crippen LogP contribution in [-0.2, 0) is 0 Å². The highest BCUT2D eigenvalue weighted by Gasteiger charge is 2.12. The number of hydrogen-bond donors (Lipinski definition) is 1. The quantitative estimate of drug-likeness (QED) is 0.885. The zero-order chi connectivity index (χ0) is 13.8. The number of hydrogen-bond acceptors (Lipinski definition) is 4. The molecule has 0 unspecified atom stereocenters. The molecule has 2 aromatic rings. The maximum Gasteiger partial charge on any atom is 0.256 e. The van der Waals surface area contributed by atoms with Crippen molar-refractivity contribution in [1.29, 1.82) is 0 Å². The Hall–Kier alpha value is -2.76. The van der Waals surface area contributed by atoms with Crippen LogP contribution in [0.25, 0.3) is 0 Å². The van der Waals surface area contributed by atoms with Gasteiger partial charge in [0.2, 0.25) is 0 Å². The molecule has 0 aliphatic rings. The van der Waals surface area contributed by atoms with Crippen molar-refractivity contribution < 1.29 is 19.1 Å². The molecule has 0 aliphatic carbocycles. The number of halogens is 1. The molecule has 96 valence electrons. The van der Waals surface area contributed by atoms with Crippen LogP contribution in [0.5, 0.6) is 0 Å². The van der Waals surface area contributed by atoms with E-state index in [1.165, 1.54) is 30.5 Å². The highest BCUT2D eigenvalue weighted by molar-refractivity contribution is 6.10. The van der Waals surface area contributed by atoms with E-state index in [1.54, 1.807) is 0 Å². The zero-order valence-electron chi connectivity index (χ0n) is 9.59. The summed E-state index contributed by atoms with van der Waals surface area (Å²) >= 11 is 0. The molecule has 1 aromatic heterocycles. The fourth-order valence-electron chi connectivity index (χ4n) is 1.52. The lowest BCUT2D eigenvalue weighted by molar-refractivity contribution is -0.255. The number of nitrogens with zero attached hydrogens (tertiary/aromatic N) is 1. The van der Waals surface area contributed by atoms with Gasteiger partial charge in [-0.3, -0.25) is 9.78 Å². The SMILES string of the molecule is O=C([O-])c1cnccc1C(=O)Nc1cccc(F)c1. The van der Waals surface area contributed by atoms with E-state index >= 15 is 0 Å². The monoisotopic (exact) mass is 259 g/mol. The number of pyridine rings is 1. The van der Waals surface area contributed by atoms with Gasteiger partial charge in [-0.05, 0) is 24.3 Å². The van der Waals surface area contributed by atoms with Crippen molar-refractivity contribution in [1.82, 2.24) is 4.98 Å². The fourth-order valence-corrected chi connectivity index (χ4v) is 1.52. The molecule has 0 saturated heterocycles. The Labute approximate surface area is 107 Å². The van der Waals surface area contributed by atoms with E-state index in [4.69, 9.17) is 0 Å². The molecule has 1 heterocycles. The average molecular weight is 259 g/mol. The second kappa shape index (κ2) is 5.26. The molecule has 0 saturated carbocycles. The Kier molecular flexibility index (Phi) is 3.51. The number of carbonyl (C=O) groups excluding carboxylic acids is 2. The molecule has 1 amide bonds. The molecule has 0 fully saturated rings. The van der Waals surface area contributed by atoms with E-state index in [0.29, 0.717) is 0 Å². The lowest BCUT2D eigenvalue weighted by Crippen LogP contribution is -2.26. The fraction of sp³-hybridized carbons (Fsp3) is 0. The summed E-state index contributed by atoms with van der Waals surface area (Å²) in [6, 6.07) is 6.52. The molecule has 0 spiro atoms.